The number of rotatable bonds is 11. The van der Waals surface area contributed by atoms with Crippen molar-refractivity contribution >= 4 is 190 Å². The Kier molecular flexibility index (Phi) is 41.6. The molecule has 0 saturated carbocycles. The van der Waals surface area contributed by atoms with Gasteiger partial charge in [0.15, 0.2) is 0 Å². The number of hydrogen-bond acceptors (Lipinski definition) is 0. The molecule has 0 aliphatic rings. The maximum absolute atomic E-state index is 4.20. The molecular weight excluding hydrogens is 774 g/mol. The minimum atomic E-state index is 1.21. The Labute approximate surface area is 188 Å². The molecule has 0 aliphatic carbocycles. The summed E-state index contributed by atoms with van der Waals surface area (Å²) in [6.07, 6.45) is 0. The van der Waals surface area contributed by atoms with Gasteiger partial charge in [-0.3, -0.25) is 0 Å². The summed E-state index contributed by atoms with van der Waals surface area (Å²) in [6, 6.07) is 0. The van der Waals surface area contributed by atoms with Crippen molar-refractivity contribution in [2.75, 3.05) is 0 Å². The summed E-state index contributed by atoms with van der Waals surface area (Å²) in [7, 11) is 41.8. The van der Waals surface area contributed by atoms with Crippen molar-refractivity contribution in [1.82, 2.24) is 0 Å². The molecule has 0 heterocycles. The molecule has 0 rings (SSSR count). The minimum Gasteiger partial charge on any atom is -0.0835 e. The summed E-state index contributed by atoms with van der Waals surface area (Å²) in [5, 5.41) is 0. The van der Waals surface area contributed by atoms with Crippen LogP contribution in [0.1, 0.15) is 0 Å². The molecule has 0 bridgehead atoms. The smallest absolute Gasteiger partial charge is 0.0835 e. The van der Waals surface area contributed by atoms with E-state index >= 15 is 0 Å². The van der Waals surface area contributed by atoms with Gasteiger partial charge in [0.2, 0.25) is 0 Å². The molecule has 0 N–H and O–H groups in total. The van der Waals surface area contributed by atoms with Crippen LogP contribution < -0.4 is 0 Å². The third-order valence-corrected chi connectivity index (χ3v) is 71.7. The van der Waals surface area contributed by atoms with Crippen LogP contribution in [0.5, 0.6) is 0 Å². The standard InChI is InChI=1S/HP25/c1-3-5-7-9-11-13-15-17-19-21-23-25-24-22-20-18-16-14-12-10-8-6-4-2/h1H. The van der Waals surface area contributed by atoms with E-state index in [0.29, 0.717) is 0 Å². The molecule has 25 heteroatoms. The van der Waals surface area contributed by atoms with E-state index in [1.54, 1.807) is 128 Å². The van der Waals surface area contributed by atoms with E-state index in [2.05, 4.69) is 16.9 Å². The number of hydrogen-bond donors (Lipinski definition) is 0. The Morgan fingerprint density at radius 2 is 0.520 bits per heavy atom. The monoisotopic (exact) mass is 775 g/mol. The van der Waals surface area contributed by atoms with Crippen LogP contribution in [0.2, 0.25) is 0 Å². The fourth-order valence-electron chi connectivity index (χ4n) is 0.378. The molecule has 0 amide bonds. The quantitative estimate of drug-likeness (QED) is 0.183. The van der Waals surface area contributed by atoms with Crippen molar-refractivity contribution in [3.8, 4) is 0 Å². The fourth-order valence-corrected chi connectivity index (χ4v) is 91.8. The molecule has 0 aliphatic heterocycles. The molecule has 0 aromatic carbocycles. The summed E-state index contributed by atoms with van der Waals surface area (Å²) < 4.78 is 0. The van der Waals surface area contributed by atoms with Gasteiger partial charge in [0.25, 0.3) is 0 Å². The zero-order chi connectivity index (χ0) is 18.3. The van der Waals surface area contributed by atoms with Gasteiger partial charge in [-0.1, -0.05) is 8.53 Å². The van der Waals surface area contributed by atoms with Gasteiger partial charge in [-0.25, -0.2) is 0 Å². The van der Waals surface area contributed by atoms with Gasteiger partial charge in [-0.15, -0.1) is 0 Å². The second kappa shape index (κ2) is 31.8. The predicted molar refractivity (Wildman–Crippen MR) is 174 cm³/mol. The topological polar surface area (TPSA) is 0 Å². The van der Waals surface area contributed by atoms with Crippen molar-refractivity contribution in [1.29, 1.82) is 0 Å². The van der Waals surface area contributed by atoms with Crippen LogP contribution in [0.3, 0.4) is 0 Å². The van der Waals surface area contributed by atoms with E-state index in [9.17, 15) is 0 Å². The summed E-state index contributed by atoms with van der Waals surface area (Å²) in [5.41, 5.74) is 0. The Hall–Kier alpha value is 7.76. The van der Waals surface area contributed by atoms with Gasteiger partial charge >= 0.3 is 106 Å². The van der Waals surface area contributed by atoms with E-state index in [1.807, 2.05) is 0 Å². The SMILES string of the molecule is P#P=PP=PP=PP=PP=PP=PP=PP=PP=PP=PP=PP=P. The van der Waals surface area contributed by atoms with Crippen molar-refractivity contribution in [2.24, 2.45) is 0 Å². The first-order valence-electron chi connectivity index (χ1n) is 4.82. The zero-order valence-corrected chi connectivity index (χ0v) is 33.7. The van der Waals surface area contributed by atoms with Gasteiger partial charge in [-0.05, 0) is 60.4 Å². The summed E-state index contributed by atoms with van der Waals surface area (Å²) in [5.74, 6) is 0. The zero-order valence-electron chi connectivity index (χ0n) is 11.2. The van der Waals surface area contributed by atoms with Gasteiger partial charge in [0, 0.05) is 15.1 Å². The fraction of sp³-hybridized carbons (Fsp3) is 0. The molecule has 0 saturated heterocycles. The first kappa shape index (κ1) is 32.8. The molecule has 0 radical (unpaired) electrons. The van der Waals surface area contributed by atoms with E-state index < -0.39 is 0 Å². The van der Waals surface area contributed by atoms with Crippen LogP contribution in [-0.2, 0) is 0 Å². The molecule has 0 atom stereocenters. The van der Waals surface area contributed by atoms with E-state index in [1.165, 1.54) is 44.8 Å². The Morgan fingerprint density at radius 3 is 0.720 bits per heavy atom. The molecule has 0 unspecified atom stereocenters. The van der Waals surface area contributed by atoms with Crippen LogP contribution in [0, 0.1) is 0 Å². The van der Waals surface area contributed by atoms with Gasteiger partial charge < -0.3 is 0 Å². The Balaban J connectivity index is 3.94. The van der Waals surface area contributed by atoms with Crippen LogP contribution in [0.15, 0.2) is 0 Å². The maximum atomic E-state index is 4.20. The first-order chi connectivity index (χ1) is 12.4. The predicted octanol–water partition coefficient (Wildman–Crippen LogP) is 21.3. The molecule has 25 heavy (non-hydrogen) atoms. The third kappa shape index (κ3) is 31.8. The second-order valence-corrected chi connectivity index (χ2v) is 55.8. The average Bonchev–Trinajstić information content (AvgIpc) is 2.63. The Bertz CT molecular complexity index is 719. The van der Waals surface area contributed by atoms with Crippen LogP contribution in [-0.4, -0.2) is 0 Å². The molecule has 126 valence electrons. The van der Waals surface area contributed by atoms with E-state index in [0.717, 1.165) is 0 Å². The van der Waals surface area contributed by atoms with Gasteiger partial charge in [0.1, 0.15) is 0 Å². The molecule has 0 aromatic rings. The molecule has 0 nitrogen and oxygen atoms in total. The third-order valence-electron chi connectivity index (χ3n) is 0.885. The Morgan fingerprint density at radius 1 is 0.320 bits per heavy atom. The molecule has 0 spiro atoms. The average molecular weight is 775 g/mol. The van der Waals surface area contributed by atoms with Crippen molar-refractivity contribution in [3.63, 3.8) is 0 Å². The second-order valence-electron chi connectivity index (χ2n) is 2.07. The van der Waals surface area contributed by atoms with Gasteiger partial charge in [0.05, 0.1) is 0 Å². The normalized spacial score (nSPS) is 14.5. The summed E-state index contributed by atoms with van der Waals surface area (Å²) in [6.45, 7) is 1.21. The minimum absolute atomic E-state index is 1.21. The van der Waals surface area contributed by atoms with Crippen LogP contribution in [0.4, 0.5) is 0 Å². The summed E-state index contributed by atoms with van der Waals surface area (Å²) in [4.78, 5) is 0. The van der Waals surface area contributed by atoms with Crippen LogP contribution >= 0.6 is 190 Å². The van der Waals surface area contributed by atoms with Crippen LogP contribution in [0.25, 0.3) is 0 Å². The summed E-state index contributed by atoms with van der Waals surface area (Å²) >= 11 is 0. The molecule has 0 aromatic heterocycles. The first-order valence-corrected chi connectivity index (χ1v) is 43.4. The van der Waals surface area contributed by atoms with Crippen molar-refractivity contribution in [3.05, 3.63) is 0 Å². The van der Waals surface area contributed by atoms with Gasteiger partial charge in [-0.2, -0.15) is 0 Å². The van der Waals surface area contributed by atoms with E-state index in [4.69, 9.17) is 0 Å². The van der Waals surface area contributed by atoms with Crippen molar-refractivity contribution < 1.29 is 0 Å². The van der Waals surface area contributed by atoms with E-state index in [-0.39, 0.29) is 0 Å². The molecule has 0 fully saturated rings. The van der Waals surface area contributed by atoms with Crippen molar-refractivity contribution in [2.45, 2.75) is 0 Å². The molecular formula is HP25.